The summed E-state index contributed by atoms with van der Waals surface area (Å²) in [6.45, 7) is 5.49. The lowest BCUT2D eigenvalue weighted by Gasteiger charge is -2.35. The molecule has 1 aliphatic carbocycles. The Morgan fingerprint density at radius 2 is 2.00 bits per heavy atom. The fourth-order valence-corrected chi connectivity index (χ4v) is 1.82. The van der Waals surface area contributed by atoms with Crippen molar-refractivity contribution in [3.8, 4) is 0 Å². The largest absolute Gasteiger partial charge is 0.387 e. The zero-order valence-corrected chi connectivity index (χ0v) is 7.59. The van der Waals surface area contributed by atoms with E-state index in [2.05, 4.69) is 6.92 Å². The standard InChI is InChI=1S/C9H18O2/c1-7-4-5-9(11,6-7)8(2,3)10/h7,10-11H,4-6H2,1-3H3. The Morgan fingerprint density at radius 3 is 2.18 bits per heavy atom. The van der Waals surface area contributed by atoms with E-state index in [1.54, 1.807) is 13.8 Å². The third kappa shape index (κ3) is 1.57. The lowest BCUT2D eigenvalue weighted by atomic mass is 9.84. The first-order valence-corrected chi connectivity index (χ1v) is 4.30. The fraction of sp³-hybridized carbons (Fsp3) is 1.00. The Balaban J connectivity index is 2.69. The average molecular weight is 158 g/mol. The summed E-state index contributed by atoms with van der Waals surface area (Å²) < 4.78 is 0. The van der Waals surface area contributed by atoms with Gasteiger partial charge in [0.05, 0.1) is 11.2 Å². The smallest absolute Gasteiger partial charge is 0.0930 e. The first-order chi connectivity index (χ1) is 4.85. The maximum absolute atomic E-state index is 9.95. The topological polar surface area (TPSA) is 40.5 Å². The van der Waals surface area contributed by atoms with Crippen molar-refractivity contribution in [2.75, 3.05) is 0 Å². The van der Waals surface area contributed by atoms with Gasteiger partial charge < -0.3 is 10.2 Å². The zero-order valence-electron chi connectivity index (χ0n) is 7.59. The second-order valence-corrected chi connectivity index (χ2v) is 4.44. The molecule has 2 unspecified atom stereocenters. The Hall–Kier alpha value is -0.0800. The molecule has 0 amide bonds. The average Bonchev–Trinajstić information content (AvgIpc) is 2.10. The molecule has 0 radical (unpaired) electrons. The van der Waals surface area contributed by atoms with Crippen LogP contribution in [0.1, 0.15) is 40.0 Å². The molecule has 1 rings (SSSR count). The molecule has 0 aromatic heterocycles. The molecule has 2 nitrogen and oxygen atoms in total. The molecule has 66 valence electrons. The van der Waals surface area contributed by atoms with Gasteiger partial charge in [-0.15, -0.1) is 0 Å². The van der Waals surface area contributed by atoms with Crippen LogP contribution < -0.4 is 0 Å². The van der Waals surface area contributed by atoms with E-state index in [0.29, 0.717) is 5.92 Å². The van der Waals surface area contributed by atoms with Crippen LogP contribution in [0.25, 0.3) is 0 Å². The quantitative estimate of drug-likeness (QED) is 0.604. The number of rotatable bonds is 1. The summed E-state index contributed by atoms with van der Waals surface area (Å²) in [7, 11) is 0. The highest BCUT2D eigenvalue weighted by molar-refractivity contribution is 4.98. The van der Waals surface area contributed by atoms with Crippen LogP contribution in [0.2, 0.25) is 0 Å². The van der Waals surface area contributed by atoms with Crippen LogP contribution in [0.4, 0.5) is 0 Å². The highest BCUT2D eigenvalue weighted by Crippen LogP contribution is 2.41. The van der Waals surface area contributed by atoms with Gasteiger partial charge >= 0.3 is 0 Å². The van der Waals surface area contributed by atoms with E-state index in [-0.39, 0.29) is 0 Å². The number of hydrogen-bond acceptors (Lipinski definition) is 2. The van der Waals surface area contributed by atoms with Crippen LogP contribution in [0.3, 0.4) is 0 Å². The van der Waals surface area contributed by atoms with Crippen LogP contribution in [-0.2, 0) is 0 Å². The molecular weight excluding hydrogens is 140 g/mol. The van der Waals surface area contributed by atoms with Crippen molar-refractivity contribution in [1.82, 2.24) is 0 Å². The third-order valence-corrected chi connectivity index (χ3v) is 2.88. The van der Waals surface area contributed by atoms with Gasteiger partial charge in [0.25, 0.3) is 0 Å². The SMILES string of the molecule is CC1CCC(O)(C(C)(C)O)C1. The van der Waals surface area contributed by atoms with Gasteiger partial charge in [0.15, 0.2) is 0 Å². The van der Waals surface area contributed by atoms with Crippen LogP contribution in [-0.4, -0.2) is 21.4 Å². The molecule has 2 atom stereocenters. The molecule has 0 aromatic rings. The van der Waals surface area contributed by atoms with Crippen LogP contribution in [0, 0.1) is 5.92 Å². The summed E-state index contributed by atoms with van der Waals surface area (Å²) in [5.41, 5.74) is -1.79. The number of aliphatic hydroxyl groups is 2. The second-order valence-electron chi connectivity index (χ2n) is 4.44. The van der Waals surface area contributed by atoms with Gasteiger partial charge in [0, 0.05) is 0 Å². The van der Waals surface area contributed by atoms with Gasteiger partial charge in [-0.3, -0.25) is 0 Å². The zero-order chi connectivity index (χ0) is 8.70. The van der Waals surface area contributed by atoms with Crippen molar-refractivity contribution in [3.05, 3.63) is 0 Å². The number of hydrogen-bond donors (Lipinski definition) is 2. The first kappa shape index (κ1) is 9.01. The van der Waals surface area contributed by atoms with Crippen molar-refractivity contribution >= 4 is 0 Å². The van der Waals surface area contributed by atoms with Crippen LogP contribution in [0.15, 0.2) is 0 Å². The van der Waals surface area contributed by atoms with Gasteiger partial charge in [-0.25, -0.2) is 0 Å². The predicted molar refractivity (Wildman–Crippen MR) is 44.3 cm³/mol. The highest BCUT2D eigenvalue weighted by atomic mass is 16.4. The van der Waals surface area contributed by atoms with Crippen LogP contribution in [0.5, 0.6) is 0 Å². The first-order valence-electron chi connectivity index (χ1n) is 4.30. The summed E-state index contributed by atoms with van der Waals surface area (Å²) in [4.78, 5) is 0. The minimum atomic E-state index is -0.947. The maximum atomic E-state index is 9.95. The summed E-state index contributed by atoms with van der Waals surface area (Å²) in [6, 6.07) is 0. The van der Waals surface area contributed by atoms with Crippen molar-refractivity contribution in [2.45, 2.75) is 51.2 Å². The lowest BCUT2D eigenvalue weighted by molar-refractivity contribution is -0.128. The molecule has 1 saturated carbocycles. The van der Waals surface area contributed by atoms with E-state index in [0.717, 1.165) is 19.3 Å². The normalized spacial score (nSPS) is 39.5. The molecule has 0 aromatic carbocycles. The minimum Gasteiger partial charge on any atom is -0.387 e. The van der Waals surface area contributed by atoms with Crippen molar-refractivity contribution in [2.24, 2.45) is 5.92 Å². The van der Waals surface area contributed by atoms with Gasteiger partial charge in [0.1, 0.15) is 0 Å². The van der Waals surface area contributed by atoms with E-state index in [1.165, 1.54) is 0 Å². The molecule has 0 heterocycles. The summed E-state index contributed by atoms with van der Waals surface area (Å²) in [5, 5.41) is 19.6. The van der Waals surface area contributed by atoms with E-state index in [9.17, 15) is 10.2 Å². The molecule has 0 aliphatic heterocycles. The monoisotopic (exact) mass is 158 g/mol. The molecule has 1 aliphatic rings. The lowest BCUT2D eigenvalue weighted by Crippen LogP contribution is -2.48. The van der Waals surface area contributed by atoms with Crippen LogP contribution >= 0.6 is 0 Å². The maximum Gasteiger partial charge on any atom is 0.0930 e. The summed E-state index contributed by atoms with van der Waals surface area (Å²) in [5.74, 6) is 0.548. The van der Waals surface area contributed by atoms with Crippen molar-refractivity contribution in [3.63, 3.8) is 0 Å². The third-order valence-electron chi connectivity index (χ3n) is 2.88. The van der Waals surface area contributed by atoms with E-state index in [1.807, 2.05) is 0 Å². The van der Waals surface area contributed by atoms with Crippen molar-refractivity contribution in [1.29, 1.82) is 0 Å². The molecular formula is C9H18O2. The highest BCUT2D eigenvalue weighted by Gasteiger charge is 2.46. The second kappa shape index (κ2) is 2.46. The van der Waals surface area contributed by atoms with Gasteiger partial charge in [-0.2, -0.15) is 0 Å². The Kier molecular flexibility index (Phi) is 2.01. The summed E-state index contributed by atoms with van der Waals surface area (Å²) in [6.07, 6.45) is 2.49. The van der Waals surface area contributed by atoms with Crippen molar-refractivity contribution < 1.29 is 10.2 Å². The summed E-state index contributed by atoms with van der Waals surface area (Å²) >= 11 is 0. The predicted octanol–water partition coefficient (Wildman–Crippen LogP) is 1.31. The minimum absolute atomic E-state index is 0.548. The van der Waals surface area contributed by atoms with Gasteiger partial charge in [-0.05, 0) is 39.0 Å². The Morgan fingerprint density at radius 1 is 1.45 bits per heavy atom. The Bertz CT molecular complexity index is 148. The Labute approximate surface area is 68.2 Å². The van der Waals surface area contributed by atoms with Gasteiger partial charge in [0.2, 0.25) is 0 Å². The van der Waals surface area contributed by atoms with E-state index in [4.69, 9.17) is 0 Å². The molecule has 11 heavy (non-hydrogen) atoms. The molecule has 1 fully saturated rings. The van der Waals surface area contributed by atoms with E-state index < -0.39 is 11.2 Å². The molecule has 0 spiro atoms. The molecule has 0 bridgehead atoms. The van der Waals surface area contributed by atoms with E-state index >= 15 is 0 Å². The van der Waals surface area contributed by atoms with Gasteiger partial charge in [-0.1, -0.05) is 6.92 Å². The fourth-order valence-electron chi connectivity index (χ4n) is 1.82. The molecule has 0 saturated heterocycles. The molecule has 2 N–H and O–H groups in total. The molecule has 2 heteroatoms.